The molecule has 1 aliphatic heterocycles. The van der Waals surface area contributed by atoms with Crippen LogP contribution in [0.1, 0.15) is 19.3 Å². The summed E-state index contributed by atoms with van der Waals surface area (Å²) in [7, 11) is 0. The van der Waals surface area contributed by atoms with Gasteiger partial charge in [-0.1, -0.05) is 18.2 Å². The van der Waals surface area contributed by atoms with Gasteiger partial charge in [0.25, 0.3) is 0 Å². The monoisotopic (exact) mass is 449 g/mol. The van der Waals surface area contributed by atoms with Gasteiger partial charge in [0.2, 0.25) is 5.91 Å². The highest BCUT2D eigenvalue weighted by molar-refractivity contribution is 6.50. The van der Waals surface area contributed by atoms with Crippen molar-refractivity contribution in [2.75, 3.05) is 11.9 Å². The number of benzene rings is 1. The molecular weight excluding hydrogens is 429 g/mol. The number of carbonyl (C=O) groups excluding carboxylic acids is 3. The first kappa shape index (κ1) is 19.5. The van der Waals surface area contributed by atoms with Gasteiger partial charge in [-0.3, -0.25) is 9.36 Å². The first-order valence-electron chi connectivity index (χ1n) is 9.91. The SMILES string of the molecule is NC(=O)n1cc(NC(=O)N2[C@@H]3C[C@@H]3C[C@H]2C(=O)NCC2CC2(Cl)Cl)c2ccccc21. The molecule has 10 heteroatoms. The van der Waals surface area contributed by atoms with E-state index in [1.807, 2.05) is 6.07 Å². The minimum absolute atomic E-state index is 0.0444. The third-order valence-electron chi connectivity index (χ3n) is 6.31. The molecule has 4 amide bonds. The Hall–Kier alpha value is -2.45. The van der Waals surface area contributed by atoms with Gasteiger partial charge in [-0.25, -0.2) is 9.59 Å². The number of hydrogen-bond donors (Lipinski definition) is 3. The zero-order valence-corrected chi connectivity index (χ0v) is 17.5. The molecule has 8 nitrogen and oxygen atoms in total. The molecule has 30 heavy (non-hydrogen) atoms. The van der Waals surface area contributed by atoms with Crippen molar-refractivity contribution < 1.29 is 14.4 Å². The van der Waals surface area contributed by atoms with E-state index in [1.165, 1.54) is 10.8 Å². The number of para-hydroxylation sites is 1. The average Bonchev–Trinajstić information content (AvgIpc) is 3.49. The first-order chi connectivity index (χ1) is 14.3. The second-order valence-electron chi connectivity index (χ2n) is 8.33. The van der Waals surface area contributed by atoms with Crippen LogP contribution in [0.25, 0.3) is 10.9 Å². The van der Waals surface area contributed by atoms with Crippen molar-refractivity contribution in [2.45, 2.75) is 35.7 Å². The number of halogens is 2. The Morgan fingerprint density at radius 1 is 1.20 bits per heavy atom. The molecule has 3 aliphatic rings. The van der Waals surface area contributed by atoms with Crippen LogP contribution >= 0.6 is 23.2 Å². The number of amides is 4. The van der Waals surface area contributed by atoms with Crippen LogP contribution in [0.5, 0.6) is 0 Å². The van der Waals surface area contributed by atoms with Crippen molar-refractivity contribution in [3.05, 3.63) is 30.5 Å². The number of alkyl halides is 2. The number of primary amides is 1. The zero-order chi connectivity index (χ0) is 21.2. The summed E-state index contributed by atoms with van der Waals surface area (Å²) in [6.07, 6.45) is 3.70. The average molecular weight is 450 g/mol. The van der Waals surface area contributed by atoms with E-state index < -0.39 is 16.4 Å². The Morgan fingerprint density at radius 3 is 2.63 bits per heavy atom. The van der Waals surface area contributed by atoms with Crippen molar-refractivity contribution >= 4 is 57.8 Å². The number of urea groups is 1. The standard InChI is InChI=1S/C20H21Cl2N5O3/c21-20(22)7-11(20)8-24-17(28)16-6-10-5-15(10)27(16)19(30)25-13-9-26(18(23)29)14-4-2-1-3-12(13)14/h1-4,9-11,15-16H,5-8H2,(H2,23,29)(H,24,28)(H,25,30)/t10-,11?,15-,16+/m1/s1. The summed E-state index contributed by atoms with van der Waals surface area (Å²) < 4.78 is 0.538. The van der Waals surface area contributed by atoms with Crippen LogP contribution in [-0.2, 0) is 4.79 Å². The third kappa shape index (κ3) is 3.28. The summed E-state index contributed by atoms with van der Waals surface area (Å²) in [6, 6.07) is 5.70. The molecule has 1 unspecified atom stereocenters. The summed E-state index contributed by atoms with van der Waals surface area (Å²) in [5.74, 6) is 0.204. The molecule has 2 aromatic rings. The number of carbonyl (C=O) groups is 3. The fourth-order valence-corrected chi connectivity index (χ4v) is 4.98. The molecule has 2 saturated carbocycles. The topological polar surface area (TPSA) is 109 Å². The predicted molar refractivity (Wildman–Crippen MR) is 114 cm³/mol. The molecule has 0 bridgehead atoms. The molecule has 1 aromatic heterocycles. The van der Waals surface area contributed by atoms with Crippen LogP contribution < -0.4 is 16.4 Å². The smallest absolute Gasteiger partial charge is 0.323 e. The third-order valence-corrected chi connectivity index (χ3v) is 7.24. The number of nitrogens with one attached hydrogen (secondary N) is 2. The molecule has 158 valence electrons. The van der Waals surface area contributed by atoms with Crippen molar-refractivity contribution in [3.63, 3.8) is 0 Å². The van der Waals surface area contributed by atoms with Crippen molar-refractivity contribution in [1.29, 1.82) is 0 Å². The largest absolute Gasteiger partial charge is 0.354 e. The normalized spacial score (nSPS) is 28.1. The number of nitrogens with zero attached hydrogens (tertiary/aromatic N) is 2. The molecule has 2 aliphatic carbocycles. The Labute approximate surface area is 182 Å². The molecular formula is C20H21Cl2N5O3. The van der Waals surface area contributed by atoms with E-state index in [2.05, 4.69) is 10.6 Å². The van der Waals surface area contributed by atoms with Crippen molar-refractivity contribution in [3.8, 4) is 0 Å². The number of aromatic nitrogens is 1. The molecule has 2 heterocycles. The lowest BCUT2D eigenvalue weighted by Crippen LogP contribution is -2.49. The molecule has 0 radical (unpaired) electrons. The van der Waals surface area contributed by atoms with Gasteiger partial charge in [0.15, 0.2) is 0 Å². The van der Waals surface area contributed by atoms with E-state index in [-0.39, 0.29) is 23.9 Å². The van der Waals surface area contributed by atoms with Gasteiger partial charge >= 0.3 is 12.1 Å². The highest BCUT2D eigenvalue weighted by atomic mass is 35.5. The van der Waals surface area contributed by atoms with Crippen LogP contribution in [0, 0.1) is 11.8 Å². The maximum Gasteiger partial charge on any atom is 0.323 e. The summed E-state index contributed by atoms with van der Waals surface area (Å²) in [5.41, 5.74) is 6.53. The summed E-state index contributed by atoms with van der Waals surface area (Å²) in [6.45, 7) is 0.402. The van der Waals surface area contributed by atoms with Crippen molar-refractivity contribution in [1.82, 2.24) is 14.8 Å². The molecule has 5 rings (SSSR count). The number of hydrogen-bond acceptors (Lipinski definition) is 3. The highest BCUT2D eigenvalue weighted by Crippen LogP contribution is 2.53. The fraction of sp³-hybridized carbons (Fsp3) is 0.450. The van der Waals surface area contributed by atoms with Crippen molar-refractivity contribution in [2.24, 2.45) is 17.6 Å². The second-order valence-corrected chi connectivity index (χ2v) is 9.87. The zero-order valence-electron chi connectivity index (χ0n) is 16.0. The van der Waals surface area contributed by atoms with Crippen LogP contribution in [0.4, 0.5) is 15.3 Å². The maximum absolute atomic E-state index is 13.1. The van der Waals surface area contributed by atoms with E-state index in [4.69, 9.17) is 28.9 Å². The van der Waals surface area contributed by atoms with Gasteiger partial charge in [0.1, 0.15) is 10.4 Å². The quantitative estimate of drug-likeness (QED) is 0.624. The van der Waals surface area contributed by atoms with Gasteiger partial charge in [-0.15, -0.1) is 23.2 Å². The lowest BCUT2D eigenvalue weighted by molar-refractivity contribution is -0.125. The maximum atomic E-state index is 13.1. The lowest BCUT2D eigenvalue weighted by Gasteiger charge is -2.27. The summed E-state index contributed by atoms with van der Waals surface area (Å²) in [5, 5.41) is 6.46. The predicted octanol–water partition coefficient (Wildman–Crippen LogP) is 2.87. The van der Waals surface area contributed by atoms with Crippen LogP contribution in [0.3, 0.4) is 0 Å². The van der Waals surface area contributed by atoms with E-state index in [1.54, 1.807) is 23.1 Å². The minimum Gasteiger partial charge on any atom is -0.354 e. The highest BCUT2D eigenvalue weighted by Gasteiger charge is 2.57. The Bertz CT molecular complexity index is 1070. The van der Waals surface area contributed by atoms with E-state index >= 15 is 0 Å². The number of rotatable bonds is 4. The number of nitrogens with two attached hydrogens (primary N) is 1. The lowest BCUT2D eigenvalue weighted by atomic mass is 10.1. The van der Waals surface area contributed by atoms with E-state index in [9.17, 15) is 14.4 Å². The molecule has 1 saturated heterocycles. The minimum atomic E-state index is -0.753. The van der Waals surface area contributed by atoms with E-state index in [0.717, 1.165) is 6.42 Å². The number of likely N-dealkylation sites (tertiary alicyclic amines) is 1. The molecule has 4 atom stereocenters. The molecule has 0 spiro atoms. The number of piperidine rings is 1. The number of anilines is 1. The van der Waals surface area contributed by atoms with Crippen LogP contribution in [0.15, 0.2) is 30.5 Å². The number of fused-ring (bicyclic) bond motifs is 2. The Morgan fingerprint density at radius 2 is 1.93 bits per heavy atom. The van der Waals surface area contributed by atoms with Gasteiger partial charge < -0.3 is 21.3 Å². The van der Waals surface area contributed by atoms with Gasteiger partial charge in [0.05, 0.1) is 11.2 Å². The van der Waals surface area contributed by atoms with Crippen LogP contribution in [-0.4, -0.2) is 50.4 Å². The van der Waals surface area contributed by atoms with Gasteiger partial charge in [0, 0.05) is 30.1 Å². The van der Waals surface area contributed by atoms with Gasteiger partial charge in [-0.2, -0.15) is 0 Å². The molecule has 1 aromatic carbocycles. The summed E-state index contributed by atoms with van der Waals surface area (Å²) >= 11 is 12.1. The Balaban J connectivity index is 1.32. The second kappa shape index (κ2) is 6.78. The first-order valence-corrected chi connectivity index (χ1v) is 10.7. The molecule has 4 N–H and O–H groups in total. The van der Waals surface area contributed by atoms with E-state index in [0.29, 0.717) is 41.9 Å². The fourth-order valence-electron chi connectivity index (χ4n) is 4.46. The summed E-state index contributed by atoms with van der Waals surface area (Å²) in [4.78, 5) is 39.2. The Kier molecular flexibility index (Phi) is 4.41. The van der Waals surface area contributed by atoms with Crippen LogP contribution in [0.2, 0.25) is 0 Å². The molecule has 3 fully saturated rings. The van der Waals surface area contributed by atoms with Gasteiger partial charge in [-0.05, 0) is 31.2 Å².